The predicted molar refractivity (Wildman–Crippen MR) is 140 cm³/mol. The fourth-order valence-corrected chi connectivity index (χ4v) is 5.62. The number of carbonyl (C=O) groups is 6. The van der Waals surface area contributed by atoms with Crippen LogP contribution in [-0.4, -0.2) is 100 Å². The van der Waals surface area contributed by atoms with Gasteiger partial charge >= 0.3 is 5.97 Å². The number of hydrogen-bond donors (Lipinski definition) is 5. The van der Waals surface area contributed by atoms with Gasteiger partial charge in [0, 0.05) is 19.5 Å². The lowest BCUT2D eigenvalue weighted by Crippen LogP contribution is -2.59. The van der Waals surface area contributed by atoms with Crippen molar-refractivity contribution in [2.45, 2.75) is 102 Å². The number of aliphatic carboxylic acids is 1. The molecule has 0 aromatic carbocycles. The van der Waals surface area contributed by atoms with Crippen LogP contribution in [0.3, 0.4) is 0 Å². The van der Waals surface area contributed by atoms with Crippen LogP contribution in [-0.2, 0) is 28.8 Å². The smallest absolute Gasteiger partial charge is 0.326 e. The fourth-order valence-electron chi connectivity index (χ4n) is 5.62. The normalized spacial score (nSPS) is 25.1. The Morgan fingerprint density at radius 3 is 2.23 bits per heavy atom. The first kappa shape index (κ1) is 30.3. The van der Waals surface area contributed by atoms with Gasteiger partial charge in [0.05, 0.1) is 6.04 Å². The van der Waals surface area contributed by atoms with Gasteiger partial charge in [0.25, 0.3) is 0 Å². The van der Waals surface area contributed by atoms with E-state index in [1.54, 1.807) is 0 Å². The molecule has 0 spiro atoms. The SMILES string of the molecule is CC[C@H](C)[C@H](NC(=O)[C@H](CCC(N)=O)NC(=O)[C@@H]1CCCN1)C(=O)N1CCC[C@H]1C(=O)N1CCC[C@H]1C(=O)O. The van der Waals surface area contributed by atoms with E-state index in [2.05, 4.69) is 16.0 Å². The maximum Gasteiger partial charge on any atom is 0.326 e. The van der Waals surface area contributed by atoms with E-state index in [4.69, 9.17) is 5.73 Å². The molecule has 3 saturated heterocycles. The standard InChI is InChI=1S/C26H42N6O7/c1-3-15(2)21(30-23(35)17(10-11-20(27)33)29-22(34)16-7-4-12-28-16)25(37)31-13-5-8-18(31)24(36)32-14-6-9-19(32)26(38)39/h15-19,21,28H,3-14H2,1-2H3,(H2,27,33)(H,29,34)(H,30,35)(H,38,39)/t15-,16-,17-,18-,19-,21-/m0/s1. The van der Waals surface area contributed by atoms with Crippen molar-refractivity contribution in [1.29, 1.82) is 0 Å². The minimum atomic E-state index is -1.07. The summed E-state index contributed by atoms with van der Waals surface area (Å²) < 4.78 is 0. The number of carboxylic acids is 1. The molecule has 5 amide bonds. The van der Waals surface area contributed by atoms with Crippen LogP contribution in [0.2, 0.25) is 0 Å². The summed E-state index contributed by atoms with van der Waals surface area (Å²) in [6.45, 7) is 5.04. The summed E-state index contributed by atoms with van der Waals surface area (Å²) >= 11 is 0. The average Bonchev–Trinajstić information content (AvgIpc) is 3.69. The van der Waals surface area contributed by atoms with E-state index in [1.165, 1.54) is 9.80 Å². The molecule has 0 radical (unpaired) electrons. The second-order valence-electron chi connectivity index (χ2n) is 10.8. The van der Waals surface area contributed by atoms with E-state index >= 15 is 0 Å². The molecule has 218 valence electrons. The summed E-state index contributed by atoms with van der Waals surface area (Å²) in [4.78, 5) is 79.1. The first-order valence-corrected chi connectivity index (χ1v) is 14.0. The Labute approximate surface area is 228 Å². The van der Waals surface area contributed by atoms with Gasteiger partial charge in [0.1, 0.15) is 24.2 Å². The molecule has 3 aliphatic rings. The highest BCUT2D eigenvalue weighted by molar-refractivity contribution is 5.96. The zero-order valence-corrected chi connectivity index (χ0v) is 22.8. The summed E-state index contributed by atoms with van der Waals surface area (Å²) in [5, 5.41) is 18.1. The first-order valence-electron chi connectivity index (χ1n) is 14.0. The number of amides is 5. The van der Waals surface area contributed by atoms with Crippen molar-refractivity contribution >= 4 is 35.5 Å². The van der Waals surface area contributed by atoms with Gasteiger partial charge in [-0.1, -0.05) is 20.3 Å². The van der Waals surface area contributed by atoms with Crippen LogP contribution < -0.4 is 21.7 Å². The van der Waals surface area contributed by atoms with Gasteiger partial charge in [-0.15, -0.1) is 0 Å². The van der Waals surface area contributed by atoms with Gasteiger partial charge in [-0.2, -0.15) is 0 Å². The third-order valence-electron chi connectivity index (χ3n) is 8.11. The van der Waals surface area contributed by atoms with Gasteiger partial charge in [-0.25, -0.2) is 4.79 Å². The summed E-state index contributed by atoms with van der Waals surface area (Å²) in [5.74, 6) is -3.72. The number of nitrogens with one attached hydrogen (secondary N) is 3. The van der Waals surface area contributed by atoms with Crippen LogP contribution in [0.4, 0.5) is 0 Å². The lowest BCUT2D eigenvalue weighted by atomic mass is 9.96. The zero-order chi connectivity index (χ0) is 28.7. The van der Waals surface area contributed by atoms with Gasteiger partial charge in [0.2, 0.25) is 29.5 Å². The third kappa shape index (κ3) is 7.46. The minimum Gasteiger partial charge on any atom is -0.480 e. The van der Waals surface area contributed by atoms with E-state index in [0.717, 1.165) is 6.42 Å². The molecule has 13 heteroatoms. The molecule has 13 nitrogen and oxygen atoms in total. The molecule has 0 aliphatic carbocycles. The number of likely N-dealkylation sites (tertiary alicyclic amines) is 2. The Kier molecular flexibility index (Phi) is 10.7. The van der Waals surface area contributed by atoms with E-state index < -0.39 is 53.9 Å². The van der Waals surface area contributed by atoms with Crippen LogP contribution in [0.15, 0.2) is 0 Å². The number of nitrogens with two attached hydrogens (primary N) is 1. The Morgan fingerprint density at radius 2 is 1.64 bits per heavy atom. The quantitative estimate of drug-likeness (QED) is 0.206. The minimum absolute atomic E-state index is 0.0165. The maximum absolute atomic E-state index is 13.8. The van der Waals surface area contributed by atoms with E-state index in [-0.39, 0.29) is 30.6 Å². The van der Waals surface area contributed by atoms with Crippen molar-refractivity contribution in [3.63, 3.8) is 0 Å². The van der Waals surface area contributed by atoms with Gasteiger partial charge in [0.15, 0.2) is 0 Å². The highest BCUT2D eigenvalue weighted by Gasteiger charge is 2.44. The van der Waals surface area contributed by atoms with Crippen LogP contribution >= 0.6 is 0 Å². The van der Waals surface area contributed by atoms with Crippen molar-refractivity contribution in [1.82, 2.24) is 25.8 Å². The van der Waals surface area contributed by atoms with Crippen LogP contribution in [0, 0.1) is 5.92 Å². The maximum atomic E-state index is 13.8. The lowest BCUT2D eigenvalue weighted by molar-refractivity contribution is -0.152. The highest BCUT2D eigenvalue weighted by atomic mass is 16.4. The summed E-state index contributed by atoms with van der Waals surface area (Å²) in [6, 6.07) is -4.16. The van der Waals surface area contributed by atoms with Crippen molar-refractivity contribution in [3.8, 4) is 0 Å². The van der Waals surface area contributed by atoms with E-state index in [0.29, 0.717) is 58.2 Å². The summed E-state index contributed by atoms with van der Waals surface area (Å²) in [5.41, 5.74) is 5.29. The molecule has 3 heterocycles. The molecule has 3 rings (SSSR count). The first-order chi connectivity index (χ1) is 18.5. The number of rotatable bonds is 12. The highest BCUT2D eigenvalue weighted by Crippen LogP contribution is 2.26. The Balaban J connectivity index is 1.75. The van der Waals surface area contributed by atoms with Crippen LogP contribution in [0.25, 0.3) is 0 Å². The fraction of sp³-hybridized carbons (Fsp3) is 0.769. The Morgan fingerprint density at radius 1 is 0.974 bits per heavy atom. The summed E-state index contributed by atoms with van der Waals surface area (Å²) in [6.07, 6.45) is 3.85. The molecule has 0 aromatic heterocycles. The van der Waals surface area contributed by atoms with Crippen molar-refractivity contribution in [3.05, 3.63) is 0 Å². The molecule has 6 atom stereocenters. The number of hydrogen-bond acceptors (Lipinski definition) is 7. The van der Waals surface area contributed by atoms with Crippen LogP contribution in [0.5, 0.6) is 0 Å². The Hall–Kier alpha value is -3.22. The molecular formula is C26H42N6O7. The molecule has 0 bridgehead atoms. The van der Waals surface area contributed by atoms with Gasteiger partial charge in [-0.05, 0) is 57.4 Å². The molecule has 0 aromatic rings. The largest absolute Gasteiger partial charge is 0.480 e. The lowest BCUT2D eigenvalue weighted by Gasteiger charge is -2.34. The van der Waals surface area contributed by atoms with Gasteiger partial charge in [-0.3, -0.25) is 24.0 Å². The number of nitrogens with zero attached hydrogens (tertiary/aromatic N) is 2. The molecule has 0 saturated carbocycles. The zero-order valence-electron chi connectivity index (χ0n) is 22.8. The third-order valence-corrected chi connectivity index (χ3v) is 8.11. The molecule has 3 fully saturated rings. The van der Waals surface area contributed by atoms with Crippen molar-refractivity contribution in [2.24, 2.45) is 11.7 Å². The van der Waals surface area contributed by atoms with Crippen molar-refractivity contribution < 1.29 is 33.9 Å². The topological polar surface area (TPSA) is 191 Å². The second-order valence-corrected chi connectivity index (χ2v) is 10.8. The summed E-state index contributed by atoms with van der Waals surface area (Å²) in [7, 11) is 0. The van der Waals surface area contributed by atoms with Crippen LogP contribution in [0.1, 0.15) is 71.6 Å². The molecule has 0 unspecified atom stereocenters. The number of carboxylic acid groups (broad SMARTS) is 1. The Bertz CT molecular complexity index is 953. The predicted octanol–water partition coefficient (Wildman–Crippen LogP) is -0.914. The molecule has 6 N–H and O–H groups in total. The van der Waals surface area contributed by atoms with Gasteiger partial charge < -0.3 is 36.6 Å². The molecule has 3 aliphatic heterocycles. The molecule has 39 heavy (non-hydrogen) atoms. The average molecular weight is 551 g/mol. The number of carbonyl (C=O) groups excluding carboxylic acids is 5. The molecular weight excluding hydrogens is 508 g/mol. The van der Waals surface area contributed by atoms with E-state index in [1.807, 2.05) is 13.8 Å². The van der Waals surface area contributed by atoms with Crippen molar-refractivity contribution in [2.75, 3.05) is 19.6 Å². The number of primary amides is 1. The monoisotopic (exact) mass is 550 g/mol. The second kappa shape index (κ2) is 13.7. The van der Waals surface area contributed by atoms with E-state index in [9.17, 15) is 33.9 Å².